The zero-order valence-corrected chi connectivity index (χ0v) is 22.2. The van der Waals surface area contributed by atoms with Gasteiger partial charge in [-0.05, 0) is 47.9 Å². The molecule has 8 nitrogen and oxygen atoms in total. The molecule has 2 fully saturated rings. The molecule has 0 aliphatic carbocycles. The zero-order valence-electron chi connectivity index (χ0n) is 22.2. The van der Waals surface area contributed by atoms with E-state index in [1.54, 1.807) is 19.5 Å². The second-order valence-corrected chi connectivity index (χ2v) is 10.4. The molecule has 3 aliphatic rings. The number of aliphatic imine (C=N–C) groups is 1. The lowest BCUT2D eigenvalue weighted by Crippen LogP contribution is -2.50. The highest BCUT2D eigenvalue weighted by Gasteiger charge is 2.28. The lowest BCUT2D eigenvalue weighted by Gasteiger charge is -2.38. The van der Waals surface area contributed by atoms with E-state index in [0.29, 0.717) is 55.3 Å². The Labute approximate surface area is 226 Å². The van der Waals surface area contributed by atoms with Crippen LogP contribution in [0.1, 0.15) is 33.9 Å². The van der Waals surface area contributed by atoms with E-state index >= 15 is 8.78 Å². The largest absolute Gasteiger partial charge is 0.379 e. The van der Waals surface area contributed by atoms with Gasteiger partial charge < -0.3 is 14.8 Å². The van der Waals surface area contributed by atoms with Crippen molar-refractivity contribution in [1.29, 1.82) is 0 Å². The van der Waals surface area contributed by atoms with Gasteiger partial charge >= 0.3 is 0 Å². The molecule has 3 aromatic rings. The molecule has 6 rings (SSSR count). The molecule has 2 aromatic carbocycles. The molecule has 1 atom stereocenters. The van der Waals surface area contributed by atoms with Crippen molar-refractivity contribution in [2.75, 3.05) is 51.8 Å². The predicted molar refractivity (Wildman–Crippen MR) is 145 cm³/mol. The summed E-state index contributed by atoms with van der Waals surface area (Å²) in [5, 5.41) is 3.29. The second kappa shape index (κ2) is 11.1. The van der Waals surface area contributed by atoms with E-state index in [1.165, 1.54) is 23.3 Å². The molecule has 10 heteroatoms. The summed E-state index contributed by atoms with van der Waals surface area (Å²) in [6.45, 7) is 7.49. The van der Waals surface area contributed by atoms with Gasteiger partial charge in [0.25, 0.3) is 0 Å². The number of likely N-dealkylation sites (tertiary alicyclic amines) is 1. The number of hydrogen-bond acceptors (Lipinski definition) is 8. The maximum atomic E-state index is 15.1. The van der Waals surface area contributed by atoms with Crippen LogP contribution in [-0.2, 0) is 22.6 Å². The van der Waals surface area contributed by atoms with Gasteiger partial charge in [0.2, 0.25) is 5.95 Å². The summed E-state index contributed by atoms with van der Waals surface area (Å²) in [5.41, 5.74) is 5.08. The molecule has 204 valence electrons. The summed E-state index contributed by atoms with van der Waals surface area (Å²) in [5.74, 6) is -1.17. The van der Waals surface area contributed by atoms with Crippen molar-refractivity contribution in [3.8, 4) is 0 Å². The van der Waals surface area contributed by atoms with Crippen LogP contribution in [0.15, 0.2) is 41.5 Å². The number of anilines is 2. The van der Waals surface area contributed by atoms with Crippen molar-refractivity contribution >= 4 is 23.5 Å². The maximum Gasteiger partial charge on any atom is 0.227 e. The van der Waals surface area contributed by atoms with Crippen LogP contribution in [0.25, 0.3) is 0 Å². The average Bonchev–Trinajstić information content (AvgIpc) is 3.33. The monoisotopic (exact) mass is 534 g/mol. The number of aromatic nitrogens is 2. The van der Waals surface area contributed by atoms with Crippen molar-refractivity contribution in [2.24, 2.45) is 4.99 Å². The Morgan fingerprint density at radius 2 is 1.82 bits per heavy atom. The van der Waals surface area contributed by atoms with Gasteiger partial charge in [-0.25, -0.2) is 18.7 Å². The Morgan fingerprint density at radius 3 is 2.56 bits per heavy atom. The molecule has 3 aliphatic heterocycles. The van der Waals surface area contributed by atoms with E-state index in [-0.39, 0.29) is 12.1 Å². The Bertz CT molecular complexity index is 1370. The van der Waals surface area contributed by atoms with Crippen molar-refractivity contribution in [3.05, 3.63) is 76.1 Å². The summed E-state index contributed by atoms with van der Waals surface area (Å²) in [4.78, 5) is 17.9. The van der Waals surface area contributed by atoms with Crippen molar-refractivity contribution in [3.63, 3.8) is 0 Å². The highest BCUT2D eigenvalue weighted by atomic mass is 19.1. The molecule has 1 N–H and O–H groups in total. The lowest BCUT2D eigenvalue weighted by atomic mass is 9.95. The van der Waals surface area contributed by atoms with Crippen molar-refractivity contribution in [2.45, 2.75) is 32.0 Å². The minimum Gasteiger partial charge on any atom is -0.379 e. The summed E-state index contributed by atoms with van der Waals surface area (Å²) >= 11 is 0. The van der Waals surface area contributed by atoms with Gasteiger partial charge in [-0.15, -0.1) is 0 Å². The van der Waals surface area contributed by atoms with E-state index in [4.69, 9.17) is 14.5 Å². The SMILES string of the molecule is COC1CN(Cc2cc(Nc3ncc4c(n3)C(c3cc(F)c(CN5CCOCC5)c(F)c3)C=N4)ccc2C)C1. The first-order valence-electron chi connectivity index (χ1n) is 13.3. The number of rotatable bonds is 8. The molecule has 0 radical (unpaired) electrons. The number of ether oxygens (including phenoxy) is 2. The molecule has 2 saturated heterocycles. The second-order valence-electron chi connectivity index (χ2n) is 10.4. The smallest absolute Gasteiger partial charge is 0.227 e. The first kappa shape index (κ1) is 25.9. The normalized spacial score (nSPS) is 19.7. The summed E-state index contributed by atoms with van der Waals surface area (Å²) < 4.78 is 40.9. The van der Waals surface area contributed by atoms with E-state index in [2.05, 4.69) is 39.2 Å². The number of halogens is 2. The topological polar surface area (TPSA) is 75.1 Å². The van der Waals surface area contributed by atoms with E-state index in [9.17, 15) is 0 Å². The van der Waals surface area contributed by atoms with Crippen LogP contribution < -0.4 is 5.32 Å². The number of hydrogen-bond donors (Lipinski definition) is 1. The van der Waals surface area contributed by atoms with Crippen LogP contribution >= 0.6 is 0 Å². The van der Waals surface area contributed by atoms with E-state index < -0.39 is 17.6 Å². The Morgan fingerprint density at radius 1 is 1.05 bits per heavy atom. The number of nitrogens with one attached hydrogen (secondary N) is 1. The van der Waals surface area contributed by atoms with Crippen LogP contribution in [-0.4, -0.2) is 78.6 Å². The third kappa shape index (κ3) is 5.56. The van der Waals surface area contributed by atoms with Gasteiger partial charge in [-0.2, -0.15) is 0 Å². The standard InChI is InChI=1S/C29H32F2N6O2/c1-18-3-4-21(9-20(18)14-37-15-22(16-37)38-2)34-29-33-13-27-28(35-29)23(12-32-27)19-10-25(30)24(26(31)11-19)17-36-5-7-39-8-6-36/h3-4,9-13,22-23H,5-8,14-17H2,1-2H3,(H,33,34,35). The number of benzene rings is 2. The number of methoxy groups -OCH3 is 1. The lowest BCUT2D eigenvalue weighted by molar-refractivity contribution is -0.0334. The fourth-order valence-electron chi connectivity index (χ4n) is 5.27. The van der Waals surface area contributed by atoms with E-state index in [0.717, 1.165) is 25.3 Å². The number of aryl methyl sites for hydroxylation is 1. The quantitative estimate of drug-likeness (QED) is 0.462. The van der Waals surface area contributed by atoms with Gasteiger partial charge in [0, 0.05) is 63.8 Å². The Hall–Kier alpha value is -3.31. The summed E-state index contributed by atoms with van der Waals surface area (Å²) in [6.07, 6.45) is 3.62. The molecule has 1 aromatic heterocycles. The summed E-state index contributed by atoms with van der Waals surface area (Å²) in [6, 6.07) is 8.98. The molecule has 4 heterocycles. The zero-order chi connectivity index (χ0) is 26.9. The molecular formula is C29H32F2N6O2. The average molecular weight is 535 g/mol. The highest BCUT2D eigenvalue weighted by molar-refractivity contribution is 5.83. The van der Waals surface area contributed by atoms with Gasteiger partial charge in [0.1, 0.15) is 17.3 Å². The molecule has 0 saturated carbocycles. The summed E-state index contributed by atoms with van der Waals surface area (Å²) in [7, 11) is 1.75. The van der Waals surface area contributed by atoms with Crippen molar-refractivity contribution < 1.29 is 18.3 Å². The molecule has 39 heavy (non-hydrogen) atoms. The van der Waals surface area contributed by atoms with E-state index in [1.807, 2.05) is 11.0 Å². The van der Waals surface area contributed by atoms with Gasteiger partial charge in [0.15, 0.2) is 0 Å². The minimum atomic E-state index is -0.558. The van der Waals surface area contributed by atoms with Crippen LogP contribution in [0, 0.1) is 18.6 Å². The fourth-order valence-corrected chi connectivity index (χ4v) is 5.27. The number of morpholine rings is 1. The third-order valence-electron chi connectivity index (χ3n) is 7.72. The minimum absolute atomic E-state index is 0.0759. The van der Waals surface area contributed by atoms with Crippen LogP contribution in [0.5, 0.6) is 0 Å². The first-order chi connectivity index (χ1) is 19.0. The van der Waals surface area contributed by atoms with Crippen molar-refractivity contribution in [1.82, 2.24) is 19.8 Å². The van der Waals surface area contributed by atoms with Crippen LogP contribution in [0.2, 0.25) is 0 Å². The van der Waals surface area contributed by atoms with Gasteiger partial charge in [0.05, 0.1) is 37.1 Å². The Kier molecular flexibility index (Phi) is 7.35. The predicted octanol–water partition coefficient (Wildman–Crippen LogP) is 4.32. The molecule has 1 unspecified atom stereocenters. The van der Waals surface area contributed by atoms with Crippen LogP contribution in [0.4, 0.5) is 26.1 Å². The number of nitrogens with zero attached hydrogens (tertiary/aromatic N) is 5. The van der Waals surface area contributed by atoms with Crippen LogP contribution in [0.3, 0.4) is 0 Å². The first-order valence-corrected chi connectivity index (χ1v) is 13.3. The molecule has 0 spiro atoms. The van der Waals surface area contributed by atoms with Gasteiger partial charge in [-0.3, -0.25) is 14.8 Å². The molecular weight excluding hydrogens is 502 g/mol. The fraction of sp³-hybridized carbons (Fsp3) is 0.414. The highest BCUT2D eigenvalue weighted by Crippen LogP contribution is 2.36. The number of fused-ring (bicyclic) bond motifs is 1. The molecule has 0 bridgehead atoms. The Balaban J connectivity index is 1.19. The van der Waals surface area contributed by atoms with Gasteiger partial charge in [-0.1, -0.05) is 6.07 Å². The molecule has 0 amide bonds. The maximum absolute atomic E-state index is 15.1. The third-order valence-corrected chi connectivity index (χ3v) is 7.72.